The van der Waals surface area contributed by atoms with Crippen molar-refractivity contribution in [2.75, 3.05) is 13.1 Å². The summed E-state index contributed by atoms with van der Waals surface area (Å²) in [4.78, 5) is 0. The molecule has 1 N–H and O–H groups in total. The lowest BCUT2D eigenvalue weighted by atomic mass is 9.91. The van der Waals surface area contributed by atoms with Crippen molar-refractivity contribution >= 4 is 23.2 Å². The highest BCUT2D eigenvalue weighted by atomic mass is 35.5. The van der Waals surface area contributed by atoms with Gasteiger partial charge in [0.2, 0.25) is 0 Å². The second-order valence-electron chi connectivity index (χ2n) is 4.56. The van der Waals surface area contributed by atoms with Crippen LogP contribution in [0.25, 0.3) is 0 Å². The van der Waals surface area contributed by atoms with Crippen LogP contribution in [-0.4, -0.2) is 19.3 Å². The Morgan fingerprint density at radius 2 is 2.24 bits per heavy atom. The molecule has 0 bridgehead atoms. The van der Waals surface area contributed by atoms with E-state index < -0.39 is 6.17 Å². The summed E-state index contributed by atoms with van der Waals surface area (Å²) in [7, 11) is 0. The lowest BCUT2D eigenvalue weighted by molar-refractivity contribution is 0.191. The maximum absolute atomic E-state index is 14.1. The van der Waals surface area contributed by atoms with Crippen molar-refractivity contribution in [3.63, 3.8) is 0 Å². The first kappa shape index (κ1) is 13.1. The second kappa shape index (κ2) is 6.03. The molecule has 0 amide bonds. The van der Waals surface area contributed by atoms with Gasteiger partial charge in [-0.15, -0.1) is 0 Å². The molecule has 0 spiro atoms. The number of halogens is 3. The Bertz CT molecular complexity index is 378. The van der Waals surface area contributed by atoms with Crippen molar-refractivity contribution in [1.82, 2.24) is 5.32 Å². The smallest absolute Gasteiger partial charge is 0.108 e. The fraction of sp³-hybridized carbons (Fsp3) is 0.538. The minimum absolute atomic E-state index is 0.0961. The van der Waals surface area contributed by atoms with Gasteiger partial charge in [0.05, 0.1) is 0 Å². The van der Waals surface area contributed by atoms with E-state index >= 15 is 0 Å². The first-order valence-corrected chi connectivity index (χ1v) is 6.71. The molecule has 1 nitrogen and oxygen atoms in total. The summed E-state index contributed by atoms with van der Waals surface area (Å²) in [6.07, 6.45) is 1.51. The standard InChI is InChI=1S/C13H16Cl2FN/c14-11-3-4-12(15)10(6-11)7-13(16)9-2-1-5-17-8-9/h3-4,6,9,13,17H,1-2,5,7-8H2. The van der Waals surface area contributed by atoms with Gasteiger partial charge in [-0.2, -0.15) is 0 Å². The number of alkyl halides is 1. The number of hydrogen-bond donors (Lipinski definition) is 1. The number of piperidine rings is 1. The van der Waals surface area contributed by atoms with Crippen LogP contribution in [-0.2, 0) is 6.42 Å². The molecule has 1 fully saturated rings. The maximum Gasteiger partial charge on any atom is 0.108 e. The van der Waals surface area contributed by atoms with Gasteiger partial charge in [-0.05, 0) is 43.1 Å². The van der Waals surface area contributed by atoms with Crippen molar-refractivity contribution in [2.45, 2.75) is 25.4 Å². The van der Waals surface area contributed by atoms with Crippen LogP contribution in [0.15, 0.2) is 18.2 Å². The van der Waals surface area contributed by atoms with Crippen LogP contribution in [0.3, 0.4) is 0 Å². The van der Waals surface area contributed by atoms with Crippen LogP contribution >= 0.6 is 23.2 Å². The third kappa shape index (κ3) is 3.57. The molecule has 1 aliphatic rings. The van der Waals surface area contributed by atoms with E-state index in [2.05, 4.69) is 5.32 Å². The molecule has 0 radical (unpaired) electrons. The summed E-state index contributed by atoms with van der Waals surface area (Å²) in [6.45, 7) is 1.76. The third-order valence-corrected chi connectivity index (χ3v) is 3.87. The van der Waals surface area contributed by atoms with E-state index in [4.69, 9.17) is 23.2 Å². The molecule has 1 aliphatic heterocycles. The Balaban J connectivity index is 2.01. The quantitative estimate of drug-likeness (QED) is 0.883. The zero-order chi connectivity index (χ0) is 12.3. The number of rotatable bonds is 3. The lowest BCUT2D eigenvalue weighted by Gasteiger charge is -2.26. The molecule has 2 unspecified atom stereocenters. The van der Waals surface area contributed by atoms with Gasteiger partial charge in [0.1, 0.15) is 6.17 Å². The number of benzene rings is 1. The molecule has 0 saturated carbocycles. The van der Waals surface area contributed by atoms with Crippen LogP contribution in [0, 0.1) is 5.92 Å². The molecule has 0 aromatic heterocycles. The molecule has 2 rings (SSSR count). The Labute approximate surface area is 111 Å². The summed E-state index contributed by atoms with van der Waals surface area (Å²) >= 11 is 11.9. The van der Waals surface area contributed by atoms with Gasteiger partial charge in [0.15, 0.2) is 0 Å². The molecular formula is C13H16Cl2FN. The normalized spacial score (nSPS) is 22.4. The van der Waals surface area contributed by atoms with Crippen LogP contribution in [0.4, 0.5) is 4.39 Å². The summed E-state index contributed by atoms with van der Waals surface area (Å²) < 4.78 is 14.1. The zero-order valence-electron chi connectivity index (χ0n) is 9.56. The van der Waals surface area contributed by atoms with Crippen molar-refractivity contribution in [3.05, 3.63) is 33.8 Å². The highest BCUT2D eigenvalue weighted by Crippen LogP contribution is 2.26. The molecule has 1 heterocycles. The van der Waals surface area contributed by atoms with Crippen molar-refractivity contribution in [3.8, 4) is 0 Å². The predicted octanol–water partition coefficient (Wildman–Crippen LogP) is 3.87. The Morgan fingerprint density at radius 1 is 1.41 bits per heavy atom. The van der Waals surface area contributed by atoms with E-state index in [9.17, 15) is 4.39 Å². The first-order chi connectivity index (χ1) is 8.16. The third-order valence-electron chi connectivity index (χ3n) is 3.27. The highest BCUT2D eigenvalue weighted by molar-refractivity contribution is 6.33. The minimum Gasteiger partial charge on any atom is -0.316 e. The Kier molecular flexibility index (Phi) is 4.66. The molecular weight excluding hydrogens is 260 g/mol. The lowest BCUT2D eigenvalue weighted by Crippen LogP contribution is -2.35. The number of hydrogen-bond acceptors (Lipinski definition) is 1. The Morgan fingerprint density at radius 3 is 2.94 bits per heavy atom. The summed E-state index contributed by atoms with van der Waals surface area (Å²) in [5, 5.41) is 4.44. The summed E-state index contributed by atoms with van der Waals surface area (Å²) in [5.74, 6) is 0.0961. The molecule has 94 valence electrons. The largest absolute Gasteiger partial charge is 0.316 e. The van der Waals surface area contributed by atoms with E-state index in [-0.39, 0.29) is 5.92 Å². The molecule has 17 heavy (non-hydrogen) atoms. The summed E-state index contributed by atoms with van der Waals surface area (Å²) in [6, 6.07) is 5.21. The van der Waals surface area contributed by atoms with E-state index in [1.54, 1.807) is 18.2 Å². The highest BCUT2D eigenvalue weighted by Gasteiger charge is 2.24. The molecule has 4 heteroatoms. The minimum atomic E-state index is -0.848. The van der Waals surface area contributed by atoms with Crippen LogP contribution in [0.1, 0.15) is 18.4 Å². The van der Waals surface area contributed by atoms with E-state index in [0.29, 0.717) is 16.5 Å². The van der Waals surface area contributed by atoms with Crippen LogP contribution < -0.4 is 5.32 Å². The van der Waals surface area contributed by atoms with Crippen molar-refractivity contribution < 1.29 is 4.39 Å². The maximum atomic E-state index is 14.1. The molecule has 1 saturated heterocycles. The van der Waals surface area contributed by atoms with E-state index in [1.807, 2.05) is 0 Å². The summed E-state index contributed by atoms with van der Waals surface area (Å²) in [5.41, 5.74) is 0.803. The van der Waals surface area contributed by atoms with Crippen molar-refractivity contribution in [1.29, 1.82) is 0 Å². The average molecular weight is 276 g/mol. The fourth-order valence-corrected chi connectivity index (χ4v) is 2.65. The average Bonchev–Trinajstić information content (AvgIpc) is 2.35. The van der Waals surface area contributed by atoms with Gasteiger partial charge in [-0.25, -0.2) is 4.39 Å². The van der Waals surface area contributed by atoms with Gasteiger partial charge in [-0.3, -0.25) is 0 Å². The molecule has 1 aromatic carbocycles. The molecule has 1 aromatic rings. The molecule has 0 aliphatic carbocycles. The van der Waals surface area contributed by atoms with Crippen molar-refractivity contribution in [2.24, 2.45) is 5.92 Å². The SMILES string of the molecule is FC(Cc1cc(Cl)ccc1Cl)C1CCCNC1. The molecule has 2 atom stereocenters. The van der Waals surface area contributed by atoms with E-state index in [1.165, 1.54) is 0 Å². The van der Waals surface area contributed by atoms with Gasteiger partial charge in [0, 0.05) is 28.9 Å². The topological polar surface area (TPSA) is 12.0 Å². The zero-order valence-corrected chi connectivity index (χ0v) is 11.1. The predicted molar refractivity (Wildman–Crippen MR) is 70.7 cm³/mol. The fourth-order valence-electron chi connectivity index (χ4n) is 2.26. The van der Waals surface area contributed by atoms with Gasteiger partial charge >= 0.3 is 0 Å². The van der Waals surface area contributed by atoms with Gasteiger partial charge in [0.25, 0.3) is 0 Å². The van der Waals surface area contributed by atoms with Crippen LogP contribution in [0.5, 0.6) is 0 Å². The van der Waals surface area contributed by atoms with Crippen LogP contribution in [0.2, 0.25) is 10.0 Å². The first-order valence-electron chi connectivity index (χ1n) is 5.95. The number of nitrogens with one attached hydrogen (secondary N) is 1. The van der Waals surface area contributed by atoms with Gasteiger partial charge < -0.3 is 5.32 Å². The monoisotopic (exact) mass is 275 g/mol. The van der Waals surface area contributed by atoms with E-state index in [0.717, 1.165) is 31.5 Å². The second-order valence-corrected chi connectivity index (χ2v) is 5.41. The Hall–Kier alpha value is -0.310. The van der Waals surface area contributed by atoms with Gasteiger partial charge in [-0.1, -0.05) is 23.2 Å².